The van der Waals surface area contributed by atoms with Gasteiger partial charge in [-0.05, 0) is 50.0 Å². The van der Waals surface area contributed by atoms with Crippen LogP contribution < -0.4 is 10.6 Å². The minimum absolute atomic E-state index is 0.138. The van der Waals surface area contributed by atoms with E-state index in [1.807, 2.05) is 0 Å². The summed E-state index contributed by atoms with van der Waals surface area (Å²) >= 11 is 0. The Hall–Kier alpha value is -2.08. The van der Waals surface area contributed by atoms with Crippen LogP contribution in [0.3, 0.4) is 0 Å². The first-order valence-electron chi connectivity index (χ1n) is 6.63. The van der Waals surface area contributed by atoms with E-state index in [2.05, 4.69) is 10.6 Å². The molecule has 20 heavy (non-hydrogen) atoms. The van der Waals surface area contributed by atoms with Crippen LogP contribution in [0.25, 0.3) is 0 Å². The number of benzene rings is 1. The van der Waals surface area contributed by atoms with E-state index in [0.29, 0.717) is 18.0 Å². The Kier molecular flexibility index (Phi) is 4.57. The van der Waals surface area contributed by atoms with Crippen molar-refractivity contribution >= 4 is 17.6 Å². The van der Waals surface area contributed by atoms with Crippen molar-refractivity contribution in [2.24, 2.45) is 5.92 Å². The Labute approximate surface area is 116 Å². The second kappa shape index (κ2) is 6.38. The van der Waals surface area contributed by atoms with E-state index in [1.165, 1.54) is 18.2 Å². The van der Waals surface area contributed by atoms with Gasteiger partial charge in [-0.15, -0.1) is 0 Å². The maximum absolute atomic E-state index is 11.9. The zero-order valence-corrected chi connectivity index (χ0v) is 11.1. The van der Waals surface area contributed by atoms with Crippen LogP contribution in [0.1, 0.15) is 29.6 Å². The van der Waals surface area contributed by atoms with E-state index in [1.54, 1.807) is 0 Å². The Bertz CT molecular complexity index is 510. The molecule has 1 unspecified atom stereocenters. The summed E-state index contributed by atoms with van der Waals surface area (Å²) in [5, 5.41) is 24.2. The number of phenols is 1. The molecule has 0 bridgehead atoms. The average molecular weight is 278 g/mol. The number of rotatable bonds is 4. The topological polar surface area (TPSA) is 98.7 Å². The van der Waals surface area contributed by atoms with Crippen LogP contribution in [-0.4, -0.2) is 35.2 Å². The number of piperidine rings is 1. The van der Waals surface area contributed by atoms with E-state index in [4.69, 9.17) is 5.11 Å². The Balaban J connectivity index is 1.96. The molecule has 1 aromatic carbocycles. The Morgan fingerprint density at radius 1 is 1.40 bits per heavy atom. The van der Waals surface area contributed by atoms with Crippen LogP contribution in [0.5, 0.6) is 5.75 Å². The fourth-order valence-electron chi connectivity index (χ4n) is 2.36. The predicted octanol–water partition coefficient (Wildman–Crippen LogP) is 1.42. The third-order valence-electron chi connectivity index (χ3n) is 3.38. The van der Waals surface area contributed by atoms with Gasteiger partial charge in [0.1, 0.15) is 11.3 Å². The average Bonchev–Trinajstić information content (AvgIpc) is 2.41. The number of carbonyl (C=O) groups excluding carboxylic acids is 1. The lowest BCUT2D eigenvalue weighted by Crippen LogP contribution is -2.32. The number of nitrogens with one attached hydrogen (secondary N) is 2. The van der Waals surface area contributed by atoms with Crippen molar-refractivity contribution in [1.82, 2.24) is 5.32 Å². The molecular weight excluding hydrogens is 260 g/mol. The number of aromatic carboxylic acids is 1. The van der Waals surface area contributed by atoms with E-state index in [-0.39, 0.29) is 17.2 Å². The van der Waals surface area contributed by atoms with Gasteiger partial charge >= 0.3 is 5.97 Å². The highest BCUT2D eigenvalue weighted by Crippen LogP contribution is 2.22. The van der Waals surface area contributed by atoms with Gasteiger partial charge in [-0.3, -0.25) is 4.79 Å². The van der Waals surface area contributed by atoms with Gasteiger partial charge in [-0.2, -0.15) is 0 Å². The van der Waals surface area contributed by atoms with Crippen molar-refractivity contribution in [3.05, 3.63) is 23.8 Å². The molecular formula is C14H18N2O4. The van der Waals surface area contributed by atoms with Gasteiger partial charge in [-0.1, -0.05) is 0 Å². The zero-order valence-electron chi connectivity index (χ0n) is 11.1. The second-order valence-electron chi connectivity index (χ2n) is 5.00. The monoisotopic (exact) mass is 278 g/mol. The number of carbonyl (C=O) groups is 2. The number of hydrogen-bond donors (Lipinski definition) is 4. The summed E-state index contributed by atoms with van der Waals surface area (Å²) in [7, 11) is 0. The molecule has 0 saturated carbocycles. The van der Waals surface area contributed by atoms with Gasteiger partial charge in [0.05, 0.1) is 0 Å². The van der Waals surface area contributed by atoms with E-state index < -0.39 is 5.97 Å². The van der Waals surface area contributed by atoms with Crippen LogP contribution >= 0.6 is 0 Å². The third-order valence-corrected chi connectivity index (χ3v) is 3.38. The van der Waals surface area contributed by atoms with Gasteiger partial charge in [-0.25, -0.2) is 4.79 Å². The first-order valence-corrected chi connectivity index (χ1v) is 6.63. The summed E-state index contributed by atoms with van der Waals surface area (Å²) in [6.45, 7) is 1.83. The fourth-order valence-corrected chi connectivity index (χ4v) is 2.36. The first-order chi connectivity index (χ1) is 9.56. The summed E-state index contributed by atoms with van der Waals surface area (Å²) in [4.78, 5) is 22.8. The van der Waals surface area contributed by atoms with Crippen LogP contribution in [0.15, 0.2) is 18.2 Å². The number of hydrogen-bond acceptors (Lipinski definition) is 4. The molecule has 1 saturated heterocycles. The van der Waals surface area contributed by atoms with Gasteiger partial charge in [0.15, 0.2) is 0 Å². The second-order valence-corrected chi connectivity index (χ2v) is 5.00. The molecule has 0 aliphatic carbocycles. The lowest BCUT2D eigenvalue weighted by atomic mass is 9.96. The lowest BCUT2D eigenvalue weighted by Gasteiger charge is -2.22. The highest BCUT2D eigenvalue weighted by Gasteiger charge is 2.17. The van der Waals surface area contributed by atoms with Crippen LogP contribution in [0, 0.1) is 5.92 Å². The molecule has 2 rings (SSSR count). The van der Waals surface area contributed by atoms with E-state index >= 15 is 0 Å². The largest absolute Gasteiger partial charge is 0.507 e. The predicted molar refractivity (Wildman–Crippen MR) is 73.9 cm³/mol. The molecule has 1 aliphatic rings. The van der Waals surface area contributed by atoms with E-state index in [0.717, 1.165) is 25.9 Å². The van der Waals surface area contributed by atoms with Crippen molar-refractivity contribution in [2.75, 3.05) is 18.4 Å². The summed E-state index contributed by atoms with van der Waals surface area (Å²) in [5.41, 5.74) is 0.163. The van der Waals surface area contributed by atoms with Crippen molar-refractivity contribution in [2.45, 2.75) is 19.3 Å². The van der Waals surface area contributed by atoms with Crippen molar-refractivity contribution in [1.29, 1.82) is 0 Å². The molecule has 4 N–H and O–H groups in total. The number of amides is 1. The minimum Gasteiger partial charge on any atom is -0.507 e. The standard InChI is InChI=1S/C14H18N2O4/c17-12-4-3-10(7-11(12)14(19)20)16-13(18)6-9-2-1-5-15-8-9/h3-4,7,9,15,17H,1-2,5-6,8H2,(H,16,18)(H,19,20). The SMILES string of the molecule is O=C(CC1CCCNC1)Nc1ccc(O)c(C(=O)O)c1. The first kappa shape index (κ1) is 14.3. The smallest absolute Gasteiger partial charge is 0.339 e. The Morgan fingerprint density at radius 2 is 2.20 bits per heavy atom. The zero-order chi connectivity index (χ0) is 14.5. The van der Waals surface area contributed by atoms with Gasteiger partial charge < -0.3 is 20.8 Å². The third kappa shape index (κ3) is 3.71. The maximum Gasteiger partial charge on any atom is 0.339 e. The molecule has 1 aliphatic heterocycles. The van der Waals surface area contributed by atoms with Crippen LogP contribution in [0.2, 0.25) is 0 Å². The number of carboxylic acid groups (broad SMARTS) is 1. The summed E-state index contributed by atoms with van der Waals surface area (Å²) in [5.74, 6) is -1.36. The molecule has 0 aromatic heterocycles. The molecule has 6 nitrogen and oxygen atoms in total. The molecule has 6 heteroatoms. The van der Waals surface area contributed by atoms with Crippen LogP contribution in [-0.2, 0) is 4.79 Å². The molecule has 1 fully saturated rings. The van der Waals surface area contributed by atoms with Crippen molar-refractivity contribution in [3.8, 4) is 5.75 Å². The van der Waals surface area contributed by atoms with Crippen LogP contribution in [0.4, 0.5) is 5.69 Å². The maximum atomic E-state index is 11.9. The minimum atomic E-state index is -1.23. The Morgan fingerprint density at radius 3 is 2.85 bits per heavy atom. The number of anilines is 1. The van der Waals surface area contributed by atoms with Gasteiger partial charge in [0, 0.05) is 12.1 Å². The quantitative estimate of drug-likeness (QED) is 0.624. The van der Waals surface area contributed by atoms with E-state index in [9.17, 15) is 14.7 Å². The van der Waals surface area contributed by atoms with Crippen molar-refractivity contribution in [3.63, 3.8) is 0 Å². The number of carboxylic acids is 1. The fraction of sp³-hybridized carbons (Fsp3) is 0.429. The summed E-state index contributed by atoms with van der Waals surface area (Å²) < 4.78 is 0. The van der Waals surface area contributed by atoms with Gasteiger partial charge in [0.2, 0.25) is 5.91 Å². The molecule has 0 radical (unpaired) electrons. The molecule has 0 spiro atoms. The molecule has 1 aromatic rings. The van der Waals surface area contributed by atoms with Gasteiger partial charge in [0.25, 0.3) is 0 Å². The lowest BCUT2D eigenvalue weighted by molar-refractivity contribution is -0.117. The highest BCUT2D eigenvalue weighted by molar-refractivity contribution is 5.95. The summed E-state index contributed by atoms with van der Waals surface area (Å²) in [6, 6.07) is 4.01. The van der Waals surface area contributed by atoms with Crippen molar-refractivity contribution < 1.29 is 19.8 Å². The normalized spacial score (nSPS) is 18.5. The molecule has 1 amide bonds. The number of aromatic hydroxyl groups is 1. The summed E-state index contributed by atoms with van der Waals surface area (Å²) in [6.07, 6.45) is 2.51. The molecule has 108 valence electrons. The molecule has 1 heterocycles. The molecule has 1 atom stereocenters. The highest BCUT2D eigenvalue weighted by atomic mass is 16.4.